The highest BCUT2D eigenvalue weighted by Crippen LogP contribution is 2.24. The number of hydrogen-bond donors (Lipinski definition) is 2. The fourth-order valence-electron chi connectivity index (χ4n) is 2.45. The van der Waals surface area contributed by atoms with Gasteiger partial charge in [0.05, 0.1) is 5.69 Å². The van der Waals surface area contributed by atoms with Crippen molar-refractivity contribution in [2.75, 3.05) is 10.6 Å². The van der Waals surface area contributed by atoms with Crippen LogP contribution < -0.4 is 15.4 Å². The second kappa shape index (κ2) is 7.53. The third kappa shape index (κ3) is 4.08. The average Bonchev–Trinajstić information content (AvgIpc) is 2.62. The average molecular weight is 346 g/mol. The van der Waals surface area contributed by atoms with Crippen molar-refractivity contribution >= 4 is 34.1 Å². The van der Waals surface area contributed by atoms with Crippen LogP contribution in [-0.4, -0.2) is 12.0 Å². The molecule has 2 amide bonds. The fraction of sp³-hybridized carbons (Fsp3) is 0.0476. The van der Waals surface area contributed by atoms with Gasteiger partial charge in [0.15, 0.2) is 0 Å². The van der Waals surface area contributed by atoms with Gasteiger partial charge in [0, 0.05) is 22.7 Å². The molecule has 5 nitrogen and oxygen atoms in total. The lowest BCUT2D eigenvalue weighted by Crippen LogP contribution is -2.17. The summed E-state index contributed by atoms with van der Waals surface area (Å²) in [5, 5.41) is 7.38. The number of hydrogen-bond acceptors (Lipinski definition) is 3. The SMILES string of the molecule is C=C(C)C(=O)Nc1cccc(OC(=O)Nc2cccc3ccccc23)c1. The van der Waals surface area contributed by atoms with E-state index < -0.39 is 6.09 Å². The van der Waals surface area contributed by atoms with Crippen molar-refractivity contribution in [2.45, 2.75) is 6.92 Å². The first kappa shape index (κ1) is 17.2. The van der Waals surface area contributed by atoms with E-state index in [2.05, 4.69) is 17.2 Å². The van der Waals surface area contributed by atoms with Gasteiger partial charge in [0.25, 0.3) is 5.91 Å². The van der Waals surface area contributed by atoms with Gasteiger partial charge < -0.3 is 10.1 Å². The molecule has 0 aliphatic heterocycles. The Hall–Kier alpha value is -3.60. The Morgan fingerprint density at radius 1 is 0.923 bits per heavy atom. The number of benzene rings is 3. The summed E-state index contributed by atoms with van der Waals surface area (Å²) in [6, 6.07) is 20.0. The third-order valence-electron chi connectivity index (χ3n) is 3.72. The normalized spacial score (nSPS) is 10.2. The van der Waals surface area contributed by atoms with Crippen LogP contribution in [0.25, 0.3) is 10.8 Å². The number of amides is 2. The van der Waals surface area contributed by atoms with Crippen LogP contribution >= 0.6 is 0 Å². The first-order valence-electron chi connectivity index (χ1n) is 8.06. The van der Waals surface area contributed by atoms with E-state index in [1.807, 2.05) is 42.5 Å². The molecule has 0 aromatic heterocycles. The number of rotatable bonds is 4. The maximum Gasteiger partial charge on any atom is 0.417 e. The monoisotopic (exact) mass is 346 g/mol. The van der Waals surface area contributed by atoms with Gasteiger partial charge in [-0.25, -0.2) is 4.79 Å². The Labute approximate surface area is 151 Å². The minimum Gasteiger partial charge on any atom is -0.410 e. The van der Waals surface area contributed by atoms with E-state index in [4.69, 9.17) is 4.74 Å². The van der Waals surface area contributed by atoms with Crippen molar-refractivity contribution in [3.05, 3.63) is 78.9 Å². The summed E-state index contributed by atoms with van der Waals surface area (Å²) in [6.45, 7) is 5.20. The van der Waals surface area contributed by atoms with E-state index in [0.717, 1.165) is 10.8 Å². The Bertz CT molecular complexity index is 990. The Balaban J connectivity index is 1.72. The lowest BCUT2D eigenvalue weighted by molar-refractivity contribution is -0.112. The van der Waals surface area contributed by atoms with Gasteiger partial charge in [-0.15, -0.1) is 0 Å². The van der Waals surface area contributed by atoms with Gasteiger partial charge in [0.1, 0.15) is 5.75 Å². The van der Waals surface area contributed by atoms with E-state index >= 15 is 0 Å². The summed E-state index contributed by atoms with van der Waals surface area (Å²) in [5.74, 6) is 0.0320. The highest BCUT2D eigenvalue weighted by molar-refractivity contribution is 6.03. The maximum atomic E-state index is 12.2. The van der Waals surface area contributed by atoms with E-state index in [1.165, 1.54) is 0 Å². The van der Waals surface area contributed by atoms with E-state index in [1.54, 1.807) is 31.2 Å². The molecule has 0 atom stereocenters. The highest BCUT2D eigenvalue weighted by atomic mass is 16.6. The minimum atomic E-state index is -0.607. The summed E-state index contributed by atoms with van der Waals surface area (Å²) < 4.78 is 5.33. The molecule has 3 aromatic carbocycles. The van der Waals surface area contributed by atoms with Crippen LogP contribution in [0.4, 0.5) is 16.2 Å². The van der Waals surface area contributed by atoms with Crippen LogP contribution in [0.3, 0.4) is 0 Å². The maximum absolute atomic E-state index is 12.2. The molecule has 5 heteroatoms. The minimum absolute atomic E-state index is 0.289. The number of nitrogens with one attached hydrogen (secondary N) is 2. The van der Waals surface area contributed by atoms with Crippen LogP contribution in [0.2, 0.25) is 0 Å². The van der Waals surface area contributed by atoms with Crippen molar-refractivity contribution < 1.29 is 14.3 Å². The lowest BCUT2D eigenvalue weighted by atomic mass is 10.1. The van der Waals surface area contributed by atoms with Crippen molar-refractivity contribution in [3.8, 4) is 5.75 Å². The van der Waals surface area contributed by atoms with E-state index in [-0.39, 0.29) is 5.91 Å². The molecule has 0 saturated heterocycles. The van der Waals surface area contributed by atoms with Crippen LogP contribution in [0.1, 0.15) is 6.92 Å². The number of fused-ring (bicyclic) bond motifs is 1. The van der Waals surface area contributed by atoms with Gasteiger partial charge >= 0.3 is 6.09 Å². The standard InChI is InChI=1S/C21H18N2O3/c1-14(2)20(24)22-16-9-6-10-17(13-16)26-21(25)23-19-12-5-8-15-7-3-4-11-18(15)19/h3-13H,1H2,2H3,(H,22,24)(H,23,25). The van der Waals surface area contributed by atoms with Gasteiger partial charge in [-0.05, 0) is 30.5 Å². The Kier molecular flexibility index (Phi) is 4.99. The zero-order chi connectivity index (χ0) is 18.5. The largest absolute Gasteiger partial charge is 0.417 e. The number of carbonyl (C=O) groups excluding carboxylic acids is 2. The van der Waals surface area contributed by atoms with Crippen molar-refractivity contribution in [1.29, 1.82) is 0 Å². The van der Waals surface area contributed by atoms with Crippen LogP contribution in [-0.2, 0) is 4.79 Å². The summed E-state index contributed by atoms with van der Waals surface area (Å²) in [5.41, 5.74) is 1.58. The first-order valence-corrected chi connectivity index (χ1v) is 8.06. The molecule has 130 valence electrons. The fourth-order valence-corrected chi connectivity index (χ4v) is 2.45. The predicted molar refractivity (Wildman–Crippen MR) is 103 cm³/mol. The van der Waals surface area contributed by atoms with E-state index in [9.17, 15) is 9.59 Å². The number of carbonyl (C=O) groups is 2. The molecule has 2 N–H and O–H groups in total. The van der Waals surface area contributed by atoms with E-state index in [0.29, 0.717) is 22.7 Å². The summed E-state index contributed by atoms with van der Waals surface area (Å²) in [7, 11) is 0. The summed E-state index contributed by atoms with van der Waals surface area (Å²) in [6.07, 6.45) is -0.607. The molecule has 0 aliphatic carbocycles. The second-order valence-electron chi connectivity index (χ2n) is 5.80. The topological polar surface area (TPSA) is 67.4 Å². The molecule has 0 radical (unpaired) electrons. The molecular formula is C21H18N2O3. The zero-order valence-corrected chi connectivity index (χ0v) is 14.3. The molecule has 3 aromatic rings. The van der Waals surface area contributed by atoms with Crippen molar-refractivity contribution in [1.82, 2.24) is 0 Å². The number of ether oxygens (including phenoxy) is 1. The quantitative estimate of drug-likeness (QED) is 0.656. The van der Waals surface area contributed by atoms with Gasteiger partial charge in [0.2, 0.25) is 0 Å². The van der Waals surface area contributed by atoms with Crippen LogP contribution in [0.5, 0.6) is 5.75 Å². The molecule has 0 spiro atoms. The van der Waals surface area contributed by atoms with Crippen molar-refractivity contribution in [3.63, 3.8) is 0 Å². The molecule has 3 rings (SSSR count). The van der Waals surface area contributed by atoms with Gasteiger partial charge in [-0.3, -0.25) is 10.1 Å². The molecular weight excluding hydrogens is 328 g/mol. The highest BCUT2D eigenvalue weighted by Gasteiger charge is 2.09. The molecule has 0 aliphatic rings. The molecule has 0 unspecified atom stereocenters. The summed E-state index contributed by atoms with van der Waals surface area (Å²) >= 11 is 0. The molecule has 26 heavy (non-hydrogen) atoms. The van der Waals surface area contributed by atoms with Crippen LogP contribution in [0, 0.1) is 0 Å². The molecule has 0 saturated carbocycles. The second-order valence-corrected chi connectivity index (χ2v) is 5.80. The van der Waals surface area contributed by atoms with Crippen molar-refractivity contribution in [2.24, 2.45) is 0 Å². The number of anilines is 2. The van der Waals surface area contributed by atoms with Gasteiger partial charge in [-0.2, -0.15) is 0 Å². The smallest absolute Gasteiger partial charge is 0.410 e. The van der Waals surface area contributed by atoms with Gasteiger partial charge in [-0.1, -0.05) is 49.0 Å². The molecule has 0 heterocycles. The molecule has 0 fully saturated rings. The lowest BCUT2D eigenvalue weighted by Gasteiger charge is -2.10. The Morgan fingerprint density at radius 2 is 1.65 bits per heavy atom. The van der Waals surface area contributed by atoms with Crippen LogP contribution in [0.15, 0.2) is 78.9 Å². The Morgan fingerprint density at radius 3 is 2.46 bits per heavy atom. The zero-order valence-electron chi connectivity index (χ0n) is 14.3. The summed E-state index contributed by atoms with van der Waals surface area (Å²) in [4.78, 5) is 23.9. The first-order chi connectivity index (χ1) is 12.5. The third-order valence-corrected chi connectivity index (χ3v) is 3.72. The predicted octanol–water partition coefficient (Wildman–Crippen LogP) is 4.97. The molecule has 0 bridgehead atoms.